The summed E-state index contributed by atoms with van der Waals surface area (Å²) in [6.07, 6.45) is 0. The summed E-state index contributed by atoms with van der Waals surface area (Å²) >= 11 is 0. The summed E-state index contributed by atoms with van der Waals surface area (Å²) in [6.45, 7) is 10.8. The van der Waals surface area contributed by atoms with Crippen LogP contribution in [0.2, 0.25) is 0 Å². The Morgan fingerprint density at radius 3 is 2.00 bits per heavy atom. The number of imide groups is 1. The van der Waals surface area contributed by atoms with Crippen LogP contribution >= 0.6 is 0 Å². The molecule has 102 valence electrons. The van der Waals surface area contributed by atoms with Gasteiger partial charge in [0, 0.05) is 26.2 Å². The van der Waals surface area contributed by atoms with Crippen molar-refractivity contribution < 1.29 is 9.59 Å². The molecule has 3 amide bonds. The topological polar surface area (TPSA) is 40.6 Å². The van der Waals surface area contributed by atoms with Gasteiger partial charge in [0.05, 0.1) is 0 Å². The average Bonchev–Trinajstić information content (AvgIpc) is 2.30. The second-order valence-electron chi connectivity index (χ2n) is 6.30. The van der Waals surface area contributed by atoms with Gasteiger partial charge in [-0.15, -0.1) is 0 Å². The van der Waals surface area contributed by atoms with Crippen LogP contribution in [0.1, 0.15) is 34.6 Å². The Labute approximate surface area is 110 Å². The van der Waals surface area contributed by atoms with Crippen molar-refractivity contribution in [3.63, 3.8) is 0 Å². The summed E-state index contributed by atoms with van der Waals surface area (Å²) in [5.74, 6) is -0.0437. The molecular formula is C14H24N2O2. The molecule has 0 bridgehead atoms. The highest BCUT2D eigenvalue weighted by atomic mass is 16.2. The smallest absolute Gasteiger partial charge is 0.323 e. The minimum absolute atomic E-state index is 0.116. The molecule has 0 atom stereocenters. The molecule has 0 aromatic heterocycles. The first kappa shape index (κ1) is 14.7. The summed E-state index contributed by atoms with van der Waals surface area (Å²) in [5, 5.41) is 0. The second kappa shape index (κ2) is 4.75. The fourth-order valence-corrected chi connectivity index (χ4v) is 2.28. The molecule has 1 heterocycles. The fraction of sp³-hybridized carbons (Fsp3) is 0.714. The molecule has 0 radical (unpaired) electrons. The molecule has 1 rings (SSSR count). The minimum Gasteiger partial charge on any atom is -0.323 e. The van der Waals surface area contributed by atoms with Crippen LogP contribution in [-0.2, 0) is 4.79 Å². The average molecular weight is 252 g/mol. The van der Waals surface area contributed by atoms with Crippen LogP contribution in [0.5, 0.6) is 0 Å². The van der Waals surface area contributed by atoms with Gasteiger partial charge in [0.1, 0.15) is 0 Å². The lowest BCUT2D eigenvalue weighted by molar-refractivity contribution is -0.124. The standard InChI is InChI=1S/C14H24N2O2/c1-9(2)11-10(14(3,4)5)8-15(6)13(18)16(7)12(11)17/h9H,8H2,1-7H3. The van der Waals surface area contributed by atoms with E-state index in [0.29, 0.717) is 6.54 Å². The molecule has 4 heteroatoms. The van der Waals surface area contributed by atoms with Gasteiger partial charge in [0.15, 0.2) is 0 Å². The quantitative estimate of drug-likeness (QED) is 0.719. The molecule has 4 nitrogen and oxygen atoms in total. The third-order valence-electron chi connectivity index (χ3n) is 3.35. The molecule has 0 aromatic rings. The zero-order valence-corrected chi connectivity index (χ0v) is 12.5. The van der Waals surface area contributed by atoms with Crippen molar-refractivity contribution in [3.05, 3.63) is 11.1 Å². The Balaban J connectivity index is 3.44. The molecule has 0 aliphatic carbocycles. The monoisotopic (exact) mass is 252 g/mol. The summed E-state index contributed by atoms with van der Waals surface area (Å²) < 4.78 is 0. The van der Waals surface area contributed by atoms with Crippen LogP contribution in [-0.4, -0.2) is 42.4 Å². The molecule has 0 saturated heterocycles. The van der Waals surface area contributed by atoms with Crippen LogP contribution in [0.4, 0.5) is 4.79 Å². The molecular weight excluding hydrogens is 228 g/mol. The first-order chi connectivity index (χ1) is 8.07. The van der Waals surface area contributed by atoms with Gasteiger partial charge in [-0.05, 0) is 16.9 Å². The van der Waals surface area contributed by atoms with Crippen LogP contribution < -0.4 is 0 Å². The van der Waals surface area contributed by atoms with Gasteiger partial charge < -0.3 is 4.90 Å². The Morgan fingerprint density at radius 2 is 1.61 bits per heavy atom. The zero-order chi connectivity index (χ0) is 14.2. The zero-order valence-electron chi connectivity index (χ0n) is 12.5. The Hall–Kier alpha value is -1.32. The van der Waals surface area contributed by atoms with E-state index in [-0.39, 0.29) is 23.3 Å². The number of nitrogens with zero attached hydrogens (tertiary/aromatic N) is 2. The van der Waals surface area contributed by atoms with Gasteiger partial charge in [-0.2, -0.15) is 0 Å². The van der Waals surface area contributed by atoms with Gasteiger partial charge in [0.2, 0.25) is 0 Å². The minimum atomic E-state index is -0.239. The van der Waals surface area contributed by atoms with Crippen molar-refractivity contribution in [1.29, 1.82) is 0 Å². The molecule has 1 aliphatic heterocycles. The maximum atomic E-state index is 12.4. The lowest BCUT2D eigenvalue weighted by Gasteiger charge is -2.28. The number of rotatable bonds is 1. The SMILES string of the molecule is CC(C)C1=C(C(C)(C)C)CN(C)C(=O)N(C)C1=O. The van der Waals surface area contributed by atoms with Crippen molar-refractivity contribution in [2.24, 2.45) is 11.3 Å². The number of hydrogen-bond donors (Lipinski definition) is 0. The van der Waals surface area contributed by atoms with Crippen molar-refractivity contribution in [2.75, 3.05) is 20.6 Å². The van der Waals surface area contributed by atoms with E-state index in [1.54, 1.807) is 19.0 Å². The van der Waals surface area contributed by atoms with E-state index in [1.165, 1.54) is 4.90 Å². The van der Waals surface area contributed by atoms with Gasteiger partial charge in [0.25, 0.3) is 5.91 Å². The van der Waals surface area contributed by atoms with Crippen molar-refractivity contribution in [3.8, 4) is 0 Å². The molecule has 0 N–H and O–H groups in total. The second-order valence-corrected chi connectivity index (χ2v) is 6.30. The number of urea groups is 1. The van der Waals surface area contributed by atoms with Crippen molar-refractivity contribution in [1.82, 2.24) is 9.80 Å². The molecule has 18 heavy (non-hydrogen) atoms. The third kappa shape index (κ3) is 2.57. The number of likely N-dealkylation sites (N-methyl/N-ethyl adjacent to an activating group) is 2. The molecule has 0 saturated carbocycles. The van der Waals surface area contributed by atoms with E-state index in [0.717, 1.165) is 11.1 Å². The Kier molecular flexibility index (Phi) is 3.89. The van der Waals surface area contributed by atoms with E-state index in [1.807, 2.05) is 13.8 Å². The normalized spacial score (nSPS) is 18.9. The maximum absolute atomic E-state index is 12.4. The van der Waals surface area contributed by atoms with Crippen LogP contribution in [0.3, 0.4) is 0 Å². The molecule has 0 fully saturated rings. The van der Waals surface area contributed by atoms with Crippen molar-refractivity contribution >= 4 is 11.9 Å². The molecule has 0 unspecified atom stereocenters. The first-order valence-electron chi connectivity index (χ1n) is 6.34. The summed E-state index contributed by atoms with van der Waals surface area (Å²) in [7, 11) is 3.29. The molecule has 0 aromatic carbocycles. The van der Waals surface area contributed by atoms with E-state index in [9.17, 15) is 9.59 Å². The largest absolute Gasteiger partial charge is 0.326 e. The van der Waals surface area contributed by atoms with Crippen LogP contribution in [0.25, 0.3) is 0 Å². The van der Waals surface area contributed by atoms with E-state index in [4.69, 9.17) is 0 Å². The Bertz CT molecular complexity index is 403. The predicted molar refractivity (Wildman–Crippen MR) is 72.1 cm³/mol. The highest BCUT2D eigenvalue weighted by Crippen LogP contribution is 2.34. The summed E-state index contributed by atoms with van der Waals surface area (Å²) in [6, 6.07) is -0.239. The predicted octanol–water partition coefficient (Wildman–Crippen LogP) is 2.51. The number of hydrogen-bond acceptors (Lipinski definition) is 2. The molecule has 1 aliphatic rings. The van der Waals surface area contributed by atoms with Crippen LogP contribution in [0.15, 0.2) is 11.1 Å². The van der Waals surface area contributed by atoms with Gasteiger partial charge >= 0.3 is 6.03 Å². The number of carbonyl (C=O) groups excluding carboxylic acids is 2. The number of carbonyl (C=O) groups is 2. The van der Waals surface area contributed by atoms with Gasteiger partial charge in [-0.3, -0.25) is 9.69 Å². The Morgan fingerprint density at radius 1 is 1.11 bits per heavy atom. The summed E-state index contributed by atoms with van der Waals surface area (Å²) in [4.78, 5) is 27.2. The van der Waals surface area contributed by atoms with E-state index < -0.39 is 0 Å². The number of amides is 3. The lowest BCUT2D eigenvalue weighted by Crippen LogP contribution is -2.41. The van der Waals surface area contributed by atoms with E-state index >= 15 is 0 Å². The van der Waals surface area contributed by atoms with Crippen LogP contribution in [0, 0.1) is 11.3 Å². The summed E-state index contributed by atoms with van der Waals surface area (Å²) in [5.41, 5.74) is 1.72. The lowest BCUT2D eigenvalue weighted by atomic mass is 9.80. The molecule has 0 spiro atoms. The highest BCUT2D eigenvalue weighted by molar-refractivity contribution is 6.05. The fourth-order valence-electron chi connectivity index (χ4n) is 2.28. The highest BCUT2D eigenvalue weighted by Gasteiger charge is 2.35. The maximum Gasteiger partial charge on any atom is 0.326 e. The van der Waals surface area contributed by atoms with Crippen molar-refractivity contribution in [2.45, 2.75) is 34.6 Å². The van der Waals surface area contributed by atoms with Gasteiger partial charge in [-0.25, -0.2) is 4.79 Å². The first-order valence-corrected chi connectivity index (χ1v) is 6.34. The third-order valence-corrected chi connectivity index (χ3v) is 3.35. The van der Waals surface area contributed by atoms with E-state index in [2.05, 4.69) is 20.8 Å². The van der Waals surface area contributed by atoms with Gasteiger partial charge in [-0.1, -0.05) is 34.6 Å².